The lowest BCUT2D eigenvalue weighted by molar-refractivity contribution is 0.0409. The zero-order valence-corrected chi connectivity index (χ0v) is 13.2. The highest BCUT2D eigenvalue weighted by atomic mass is 32.2. The fraction of sp³-hybridized carbons (Fsp3) is 0.600. The van der Waals surface area contributed by atoms with Crippen molar-refractivity contribution >= 4 is 10.1 Å². The van der Waals surface area contributed by atoms with Crippen molar-refractivity contribution in [1.82, 2.24) is 0 Å². The van der Waals surface area contributed by atoms with Crippen LogP contribution in [0.15, 0.2) is 24.3 Å². The molecule has 0 amide bonds. The fourth-order valence-electron chi connectivity index (χ4n) is 2.32. The Bertz CT molecular complexity index is 535. The number of aryl methyl sites for hydroxylation is 1. The van der Waals surface area contributed by atoms with E-state index in [0.29, 0.717) is 19.3 Å². The molecule has 4 nitrogen and oxygen atoms in total. The molecule has 0 saturated carbocycles. The average Bonchev–Trinajstić information content (AvgIpc) is 2.33. The lowest BCUT2D eigenvalue weighted by atomic mass is 9.77. The second-order valence-electron chi connectivity index (χ2n) is 5.99. The number of rotatable bonds is 7. The number of hydrogen-bond acceptors (Lipinski definition) is 3. The van der Waals surface area contributed by atoms with Crippen LogP contribution in [0.25, 0.3) is 0 Å². The summed E-state index contributed by atoms with van der Waals surface area (Å²) < 4.78 is 30.0. The largest absolute Gasteiger partial charge is 0.388 e. The molecular weight excluding hydrogens is 276 g/mol. The molecule has 1 rings (SSSR count). The Kier molecular flexibility index (Phi) is 5.74. The van der Waals surface area contributed by atoms with Crippen molar-refractivity contribution in [3.63, 3.8) is 0 Å². The Hall–Kier alpha value is -0.910. The van der Waals surface area contributed by atoms with Crippen molar-refractivity contribution in [3.05, 3.63) is 35.4 Å². The van der Waals surface area contributed by atoms with Gasteiger partial charge in [-0.1, -0.05) is 44.5 Å². The van der Waals surface area contributed by atoms with Gasteiger partial charge >= 0.3 is 0 Å². The van der Waals surface area contributed by atoms with Gasteiger partial charge in [0, 0.05) is 0 Å². The molecule has 114 valence electrons. The maximum Gasteiger partial charge on any atom is 0.264 e. The van der Waals surface area contributed by atoms with E-state index < -0.39 is 16.2 Å². The van der Waals surface area contributed by atoms with E-state index in [-0.39, 0.29) is 11.2 Å². The Labute approximate surface area is 121 Å². The standard InChI is InChI=1S/C15H24O4S/c1-12-8-4-5-9-13(12)14(16)15(2,3)10-6-7-11-20(17,18)19/h4-5,8-9,14,16H,6-7,10-11H2,1-3H3,(H,17,18,19). The van der Waals surface area contributed by atoms with Gasteiger partial charge in [0.25, 0.3) is 10.1 Å². The molecular formula is C15H24O4S. The number of hydrogen-bond donors (Lipinski definition) is 2. The zero-order chi connectivity index (χ0) is 15.4. The van der Waals surface area contributed by atoms with E-state index >= 15 is 0 Å². The minimum absolute atomic E-state index is 0.219. The van der Waals surface area contributed by atoms with Crippen molar-refractivity contribution in [2.75, 3.05) is 5.75 Å². The van der Waals surface area contributed by atoms with Gasteiger partial charge in [-0.15, -0.1) is 0 Å². The van der Waals surface area contributed by atoms with Crippen LogP contribution in [0.5, 0.6) is 0 Å². The molecule has 2 N–H and O–H groups in total. The molecule has 1 aromatic rings. The minimum atomic E-state index is -3.88. The maximum atomic E-state index is 10.7. The lowest BCUT2D eigenvalue weighted by Crippen LogP contribution is -2.23. The molecule has 0 fully saturated rings. The summed E-state index contributed by atoms with van der Waals surface area (Å²) in [5, 5.41) is 10.5. The van der Waals surface area contributed by atoms with Crippen molar-refractivity contribution in [2.24, 2.45) is 5.41 Å². The van der Waals surface area contributed by atoms with Crippen LogP contribution in [-0.4, -0.2) is 23.8 Å². The van der Waals surface area contributed by atoms with Crippen LogP contribution in [0.4, 0.5) is 0 Å². The molecule has 1 atom stereocenters. The van der Waals surface area contributed by atoms with Crippen LogP contribution >= 0.6 is 0 Å². The van der Waals surface area contributed by atoms with Gasteiger partial charge < -0.3 is 5.11 Å². The van der Waals surface area contributed by atoms with E-state index in [1.807, 2.05) is 45.0 Å². The van der Waals surface area contributed by atoms with Crippen molar-refractivity contribution in [3.8, 4) is 0 Å². The highest BCUT2D eigenvalue weighted by Gasteiger charge is 2.29. The Morgan fingerprint density at radius 3 is 2.35 bits per heavy atom. The smallest absolute Gasteiger partial charge is 0.264 e. The highest BCUT2D eigenvalue weighted by Crippen LogP contribution is 2.38. The average molecular weight is 300 g/mol. The van der Waals surface area contributed by atoms with Crippen LogP contribution in [-0.2, 0) is 10.1 Å². The Morgan fingerprint density at radius 2 is 1.80 bits per heavy atom. The zero-order valence-electron chi connectivity index (χ0n) is 12.3. The molecule has 0 bridgehead atoms. The van der Waals surface area contributed by atoms with Gasteiger partial charge in [-0.3, -0.25) is 4.55 Å². The third kappa shape index (κ3) is 5.23. The van der Waals surface area contributed by atoms with Crippen molar-refractivity contribution < 1.29 is 18.1 Å². The van der Waals surface area contributed by atoms with Gasteiger partial charge in [0.05, 0.1) is 11.9 Å². The summed E-state index contributed by atoms with van der Waals surface area (Å²) in [7, 11) is -3.88. The van der Waals surface area contributed by atoms with E-state index in [2.05, 4.69) is 0 Å². The Balaban J connectivity index is 2.62. The van der Waals surface area contributed by atoms with Gasteiger partial charge in [-0.05, 0) is 36.3 Å². The highest BCUT2D eigenvalue weighted by molar-refractivity contribution is 7.85. The van der Waals surface area contributed by atoms with E-state index in [0.717, 1.165) is 11.1 Å². The van der Waals surface area contributed by atoms with Crippen LogP contribution in [0.2, 0.25) is 0 Å². The molecule has 0 saturated heterocycles. The topological polar surface area (TPSA) is 74.6 Å². The predicted molar refractivity (Wildman–Crippen MR) is 80.2 cm³/mol. The van der Waals surface area contributed by atoms with Crippen LogP contribution in [0, 0.1) is 12.3 Å². The Morgan fingerprint density at radius 1 is 1.20 bits per heavy atom. The summed E-state index contributed by atoms with van der Waals surface area (Å²) in [6.45, 7) is 5.90. The monoisotopic (exact) mass is 300 g/mol. The van der Waals surface area contributed by atoms with Crippen LogP contribution in [0.3, 0.4) is 0 Å². The van der Waals surface area contributed by atoms with Gasteiger partial charge in [0.2, 0.25) is 0 Å². The van der Waals surface area contributed by atoms with Crippen molar-refractivity contribution in [1.29, 1.82) is 0 Å². The summed E-state index contributed by atoms with van der Waals surface area (Å²) >= 11 is 0. The van der Waals surface area contributed by atoms with Gasteiger partial charge in [-0.2, -0.15) is 8.42 Å². The predicted octanol–water partition coefficient (Wildman–Crippen LogP) is 3.11. The normalized spacial score (nSPS) is 14.2. The van der Waals surface area contributed by atoms with Crippen LogP contribution < -0.4 is 0 Å². The molecule has 20 heavy (non-hydrogen) atoms. The fourth-order valence-corrected chi connectivity index (χ4v) is 2.89. The number of unbranched alkanes of at least 4 members (excludes halogenated alkanes) is 1. The van der Waals surface area contributed by atoms with E-state index in [9.17, 15) is 13.5 Å². The van der Waals surface area contributed by atoms with Gasteiger partial charge in [-0.25, -0.2) is 0 Å². The number of benzene rings is 1. The first-order valence-corrected chi connectivity index (χ1v) is 8.43. The SMILES string of the molecule is Cc1ccccc1C(O)C(C)(C)CCCCS(=O)(=O)O. The molecule has 1 aromatic carbocycles. The van der Waals surface area contributed by atoms with E-state index in [1.54, 1.807) is 0 Å². The summed E-state index contributed by atoms with van der Waals surface area (Å²) in [5.74, 6) is -0.219. The molecule has 0 aliphatic heterocycles. The molecule has 0 radical (unpaired) electrons. The molecule has 5 heteroatoms. The summed E-state index contributed by atoms with van der Waals surface area (Å²) in [5.41, 5.74) is 1.61. The molecule has 0 spiro atoms. The van der Waals surface area contributed by atoms with Crippen molar-refractivity contribution in [2.45, 2.75) is 46.1 Å². The quantitative estimate of drug-likeness (QED) is 0.599. The molecule has 0 aromatic heterocycles. The summed E-state index contributed by atoms with van der Waals surface area (Å²) in [4.78, 5) is 0. The van der Waals surface area contributed by atoms with Gasteiger partial charge in [0.1, 0.15) is 0 Å². The summed E-state index contributed by atoms with van der Waals surface area (Å²) in [6.07, 6.45) is 1.16. The third-order valence-corrected chi connectivity index (χ3v) is 4.50. The second kappa shape index (κ2) is 6.70. The first kappa shape index (κ1) is 17.1. The van der Waals surface area contributed by atoms with Crippen LogP contribution in [0.1, 0.15) is 50.3 Å². The first-order chi connectivity index (χ1) is 9.13. The van der Waals surface area contributed by atoms with E-state index in [4.69, 9.17) is 4.55 Å². The lowest BCUT2D eigenvalue weighted by Gasteiger charge is -2.32. The third-order valence-electron chi connectivity index (χ3n) is 3.70. The first-order valence-electron chi connectivity index (χ1n) is 6.82. The second-order valence-corrected chi connectivity index (χ2v) is 7.56. The number of aliphatic hydroxyl groups is 1. The number of aliphatic hydroxyl groups excluding tert-OH is 1. The molecule has 0 heterocycles. The van der Waals surface area contributed by atoms with E-state index in [1.165, 1.54) is 0 Å². The minimum Gasteiger partial charge on any atom is -0.388 e. The molecule has 1 unspecified atom stereocenters. The molecule has 0 aliphatic rings. The molecule has 0 aliphatic carbocycles. The van der Waals surface area contributed by atoms with Gasteiger partial charge in [0.15, 0.2) is 0 Å². The summed E-state index contributed by atoms with van der Waals surface area (Å²) in [6, 6.07) is 7.72. The maximum absolute atomic E-state index is 10.7.